The van der Waals surface area contributed by atoms with E-state index in [4.69, 9.17) is 9.41 Å². The maximum absolute atomic E-state index is 6.56. The van der Waals surface area contributed by atoms with Crippen molar-refractivity contribution in [2.24, 2.45) is 4.99 Å². The summed E-state index contributed by atoms with van der Waals surface area (Å²) in [4.78, 5) is 5.42. The van der Waals surface area contributed by atoms with Crippen LogP contribution in [-0.4, -0.2) is 10.9 Å². The van der Waals surface area contributed by atoms with Gasteiger partial charge in [-0.3, -0.25) is 10.3 Å². The van der Waals surface area contributed by atoms with Gasteiger partial charge in [-0.1, -0.05) is 170 Å². The van der Waals surface area contributed by atoms with Crippen LogP contribution in [0.1, 0.15) is 39.5 Å². The number of aliphatic imine (C=N–C) groups is 1. The van der Waals surface area contributed by atoms with Crippen molar-refractivity contribution >= 4 is 50.1 Å². The molecule has 0 spiro atoms. The second kappa shape index (κ2) is 13.1. The number of fused-ring (bicyclic) bond motifs is 9. The van der Waals surface area contributed by atoms with Gasteiger partial charge in [0, 0.05) is 33.7 Å². The third-order valence-corrected chi connectivity index (χ3v) is 11.7. The molecule has 2 aromatic heterocycles. The molecule has 0 amide bonds. The fourth-order valence-corrected chi connectivity index (χ4v) is 9.23. The highest BCUT2D eigenvalue weighted by atomic mass is 16.3. The van der Waals surface area contributed by atoms with Crippen LogP contribution in [0.5, 0.6) is 0 Å². The molecule has 1 aliphatic carbocycles. The van der Waals surface area contributed by atoms with Gasteiger partial charge >= 0.3 is 0 Å². The Morgan fingerprint density at radius 1 is 0.536 bits per heavy atom. The lowest BCUT2D eigenvalue weighted by molar-refractivity contribution is 0.547. The Kier molecular flexibility index (Phi) is 7.58. The first-order chi connectivity index (χ1) is 27.8. The van der Waals surface area contributed by atoms with Crippen LogP contribution in [0.2, 0.25) is 0 Å². The van der Waals surface area contributed by atoms with Gasteiger partial charge in [-0.25, -0.2) is 0 Å². The van der Waals surface area contributed by atoms with Gasteiger partial charge in [0.1, 0.15) is 17.3 Å². The Labute approximate surface area is 325 Å². The smallest absolute Gasteiger partial charge is 0.142 e. The van der Waals surface area contributed by atoms with Crippen LogP contribution in [-0.2, 0) is 12.0 Å². The highest BCUT2D eigenvalue weighted by Gasteiger charge is 2.46. The van der Waals surface area contributed by atoms with Gasteiger partial charge in [0.25, 0.3) is 0 Å². The first-order valence-electron chi connectivity index (χ1n) is 19.3. The minimum Gasteiger partial charge on any atom is -0.456 e. The second-order valence-electron chi connectivity index (χ2n) is 14.7. The fourth-order valence-electron chi connectivity index (χ4n) is 9.23. The molecule has 10 aromatic rings. The SMILES string of the molecule is C(=NC(NCc1ccccc1)c1cccc2c1oc1ccccc12)n1c2ccccc2c2cc3c(cc21)C(c1ccccc1)(c1ccccc1)c1ccccc1-3. The van der Waals surface area contributed by atoms with Crippen LogP contribution in [0.3, 0.4) is 0 Å². The summed E-state index contributed by atoms with van der Waals surface area (Å²) in [6.45, 7) is 0.648. The lowest BCUT2D eigenvalue weighted by Gasteiger charge is -2.33. The zero-order chi connectivity index (χ0) is 37.1. The largest absolute Gasteiger partial charge is 0.456 e. The van der Waals surface area contributed by atoms with Crippen LogP contribution in [0.25, 0.3) is 54.9 Å². The van der Waals surface area contributed by atoms with E-state index in [1.54, 1.807) is 0 Å². The molecule has 8 aromatic carbocycles. The first kappa shape index (κ1) is 32.4. The normalized spacial score (nSPS) is 13.9. The van der Waals surface area contributed by atoms with E-state index in [9.17, 15) is 0 Å². The summed E-state index contributed by atoms with van der Waals surface area (Å²) >= 11 is 0. The molecular formula is C52H37N3O. The van der Waals surface area contributed by atoms with Gasteiger partial charge in [0.15, 0.2) is 0 Å². The summed E-state index contributed by atoms with van der Waals surface area (Å²) in [5, 5.41) is 8.37. The average Bonchev–Trinajstić information content (AvgIpc) is 3.90. The number of furan rings is 1. The van der Waals surface area contributed by atoms with Gasteiger partial charge in [-0.15, -0.1) is 0 Å². The van der Waals surface area contributed by atoms with Crippen molar-refractivity contribution in [1.82, 2.24) is 9.88 Å². The monoisotopic (exact) mass is 719 g/mol. The molecular weight excluding hydrogens is 683 g/mol. The molecule has 0 radical (unpaired) electrons. The van der Waals surface area contributed by atoms with Gasteiger partial charge < -0.3 is 8.98 Å². The standard InChI is InChI=1S/C52H37N3O/c1-4-17-35(18-5-1)33-53-51(42-27-16-26-41-40-25-12-15-30-49(40)56-50(41)42)54-34-55-47-29-14-11-24-39(47)44-31-43-38-23-10-13-28-45(38)52(46(43)32-48(44)55,36-19-6-2-7-20-36)37-21-8-3-9-22-37/h1-32,34,51,53H,33H2. The third kappa shape index (κ3) is 4.93. The van der Waals surface area contributed by atoms with Crippen molar-refractivity contribution in [2.45, 2.75) is 18.1 Å². The number of nitrogens with zero attached hydrogens (tertiary/aromatic N) is 2. The molecule has 266 valence electrons. The molecule has 0 fully saturated rings. The molecule has 56 heavy (non-hydrogen) atoms. The predicted molar refractivity (Wildman–Crippen MR) is 230 cm³/mol. The van der Waals surface area contributed by atoms with Gasteiger partial charge in [-0.2, -0.15) is 0 Å². The molecule has 0 saturated heterocycles. The predicted octanol–water partition coefficient (Wildman–Crippen LogP) is 12.4. The zero-order valence-corrected chi connectivity index (χ0v) is 30.6. The second-order valence-corrected chi connectivity index (χ2v) is 14.7. The molecule has 4 heteroatoms. The Hall–Kier alpha value is -7.01. The Morgan fingerprint density at radius 2 is 1.18 bits per heavy atom. The first-order valence-corrected chi connectivity index (χ1v) is 19.3. The number of nitrogens with one attached hydrogen (secondary N) is 1. The van der Waals surface area contributed by atoms with Crippen LogP contribution in [0, 0.1) is 0 Å². The summed E-state index contributed by atoms with van der Waals surface area (Å²) in [5.41, 5.74) is 13.2. The van der Waals surface area contributed by atoms with Crippen molar-refractivity contribution in [3.63, 3.8) is 0 Å². The van der Waals surface area contributed by atoms with E-state index in [2.05, 4.69) is 192 Å². The molecule has 11 rings (SSSR count). The Bertz CT molecular complexity index is 3050. The van der Waals surface area contributed by atoms with E-state index < -0.39 is 5.41 Å². The number of para-hydroxylation sites is 3. The molecule has 1 N–H and O–H groups in total. The summed E-state index contributed by atoms with van der Waals surface area (Å²) in [6, 6.07) is 69.6. The molecule has 1 unspecified atom stereocenters. The van der Waals surface area contributed by atoms with Crippen LogP contribution in [0.15, 0.2) is 204 Å². The number of benzene rings is 8. The quantitative estimate of drug-likeness (QED) is 0.125. The zero-order valence-electron chi connectivity index (χ0n) is 30.6. The summed E-state index contributed by atoms with van der Waals surface area (Å²) in [5.74, 6) is 0. The van der Waals surface area contributed by atoms with Gasteiger partial charge in [0.2, 0.25) is 0 Å². The minimum atomic E-state index is -0.502. The van der Waals surface area contributed by atoms with Crippen molar-refractivity contribution in [3.05, 3.63) is 228 Å². The molecule has 0 bridgehead atoms. The molecule has 0 saturated carbocycles. The summed E-state index contributed by atoms with van der Waals surface area (Å²) in [6.07, 6.45) is 1.64. The van der Waals surface area contributed by atoms with Crippen molar-refractivity contribution in [2.75, 3.05) is 0 Å². The molecule has 2 heterocycles. The van der Waals surface area contributed by atoms with E-state index in [0.29, 0.717) is 6.54 Å². The summed E-state index contributed by atoms with van der Waals surface area (Å²) in [7, 11) is 0. The topological polar surface area (TPSA) is 42.5 Å². The highest BCUT2D eigenvalue weighted by Crippen LogP contribution is 2.57. The fraction of sp³-hybridized carbons (Fsp3) is 0.0577. The van der Waals surface area contributed by atoms with Crippen molar-refractivity contribution in [1.29, 1.82) is 0 Å². The van der Waals surface area contributed by atoms with E-state index >= 15 is 0 Å². The van der Waals surface area contributed by atoms with Gasteiger partial charge in [0.05, 0.1) is 22.8 Å². The number of rotatable bonds is 8. The van der Waals surface area contributed by atoms with E-state index in [1.165, 1.54) is 49.7 Å². The molecule has 0 aliphatic heterocycles. The van der Waals surface area contributed by atoms with Crippen molar-refractivity contribution in [3.8, 4) is 11.1 Å². The van der Waals surface area contributed by atoms with E-state index in [0.717, 1.165) is 38.5 Å². The van der Waals surface area contributed by atoms with Gasteiger partial charge in [-0.05, 0) is 63.2 Å². The van der Waals surface area contributed by atoms with Crippen LogP contribution >= 0.6 is 0 Å². The minimum absolute atomic E-state index is 0.387. The lowest BCUT2D eigenvalue weighted by Crippen LogP contribution is -2.28. The number of hydrogen-bond donors (Lipinski definition) is 1. The Balaban J connectivity index is 1.14. The lowest BCUT2D eigenvalue weighted by atomic mass is 9.67. The van der Waals surface area contributed by atoms with Crippen LogP contribution in [0.4, 0.5) is 0 Å². The Morgan fingerprint density at radius 3 is 1.96 bits per heavy atom. The number of aromatic nitrogens is 1. The molecule has 1 atom stereocenters. The van der Waals surface area contributed by atoms with E-state index in [1.807, 2.05) is 18.5 Å². The average molecular weight is 720 g/mol. The maximum Gasteiger partial charge on any atom is 0.142 e. The maximum atomic E-state index is 6.56. The highest BCUT2D eigenvalue weighted by molar-refractivity contribution is 6.14. The molecule has 4 nitrogen and oxygen atoms in total. The third-order valence-electron chi connectivity index (χ3n) is 11.7. The van der Waals surface area contributed by atoms with Crippen molar-refractivity contribution < 1.29 is 4.42 Å². The summed E-state index contributed by atoms with van der Waals surface area (Å²) < 4.78 is 8.84. The molecule has 1 aliphatic rings. The number of hydrogen-bond acceptors (Lipinski definition) is 3. The van der Waals surface area contributed by atoms with E-state index in [-0.39, 0.29) is 6.17 Å². The van der Waals surface area contributed by atoms with Crippen LogP contribution < -0.4 is 5.32 Å².